The lowest BCUT2D eigenvalue weighted by Crippen LogP contribution is -2.36. The first-order valence-corrected chi connectivity index (χ1v) is 10.9. The first-order valence-electron chi connectivity index (χ1n) is 10.9. The molecule has 4 rings (SSSR count). The van der Waals surface area contributed by atoms with Gasteiger partial charge in [-0.2, -0.15) is 13.8 Å². The Morgan fingerprint density at radius 3 is 2.62 bits per heavy atom. The normalized spacial score (nSPS) is 15.6. The molecule has 8 nitrogen and oxygen atoms in total. The van der Waals surface area contributed by atoms with Crippen LogP contribution in [0.1, 0.15) is 23.8 Å². The number of methoxy groups -OCH3 is 1. The smallest absolute Gasteiger partial charge is 0.387 e. The van der Waals surface area contributed by atoms with Gasteiger partial charge in [0.05, 0.1) is 12.2 Å². The minimum absolute atomic E-state index is 0.104. The van der Waals surface area contributed by atoms with E-state index >= 15 is 0 Å². The van der Waals surface area contributed by atoms with Gasteiger partial charge in [-0.3, -0.25) is 5.01 Å². The van der Waals surface area contributed by atoms with E-state index in [2.05, 4.69) is 20.0 Å². The first-order chi connectivity index (χ1) is 16.5. The number of ether oxygens (including phenoxy) is 2. The monoisotopic (exact) mass is 471 g/mol. The van der Waals surface area contributed by atoms with Gasteiger partial charge in [0.2, 0.25) is 5.95 Å². The molecule has 0 aliphatic carbocycles. The Morgan fingerprint density at radius 1 is 1.12 bits per heavy atom. The molecule has 1 unspecified atom stereocenters. The Balaban J connectivity index is 1.56. The molecule has 34 heavy (non-hydrogen) atoms. The molecule has 1 aliphatic heterocycles. The lowest BCUT2D eigenvalue weighted by molar-refractivity contribution is -0.0506. The number of hydrogen-bond acceptors (Lipinski definition) is 8. The van der Waals surface area contributed by atoms with E-state index in [-0.39, 0.29) is 12.3 Å². The van der Waals surface area contributed by atoms with E-state index in [0.717, 1.165) is 28.8 Å². The summed E-state index contributed by atoms with van der Waals surface area (Å²) in [6, 6.07) is 12.3. The summed E-state index contributed by atoms with van der Waals surface area (Å²) in [6.45, 7) is -1.30. The zero-order chi connectivity index (χ0) is 24.1. The van der Waals surface area contributed by atoms with Crippen LogP contribution in [0.4, 0.5) is 20.4 Å². The predicted octanol–water partition coefficient (Wildman–Crippen LogP) is 4.05. The van der Waals surface area contributed by atoms with E-state index in [0.29, 0.717) is 24.7 Å². The maximum atomic E-state index is 12.9. The van der Waals surface area contributed by atoms with Crippen molar-refractivity contribution in [1.82, 2.24) is 15.0 Å². The number of nitrogens with zero attached hydrogens (tertiary/aromatic N) is 4. The lowest BCUT2D eigenvalue weighted by Gasteiger charge is -2.29. The molecule has 1 aromatic heterocycles. The molecule has 0 saturated heterocycles. The molecule has 0 radical (unpaired) electrons. The number of hydrazine groups is 1. The number of aromatic nitrogens is 2. The Kier molecular flexibility index (Phi) is 7.51. The summed E-state index contributed by atoms with van der Waals surface area (Å²) in [7, 11) is 3.41. The lowest BCUT2D eigenvalue weighted by atomic mass is 10.0. The molecule has 1 atom stereocenters. The summed E-state index contributed by atoms with van der Waals surface area (Å²) in [5.41, 5.74) is 3.74. The standard InChI is InChI=1S/C24H27F2N5O3/c1-30-22(32)19-9-8-16(18-13-28-24(29-14-18)27-10-5-11-33-2)12-20(19)31(30)15-17-6-3-4-7-21(17)34-23(25)26/h3-4,6-9,12-14,22-23,32H,5,10-11,15H2,1-2H3,(H,27,28,29). The number of rotatable bonds is 10. The third-order valence-electron chi connectivity index (χ3n) is 5.62. The molecule has 180 valence electrons. The van der Waals surface area contributed by atoms with Gasteiger partial charge in [-0.1, -0.05) is 30.3 Å². The Labute approximate surface area is 196 Å². The molecule has 0 fully saturated rings. The van der Waals surface area contributed by atoms with Crippen LogP contribution in [0.2, 0.25) is 0 Å². The van der Waals surface area contributed by atoms with Crippen LogP contribution in [0.3, 0.4) is 0 Å². The number of alkyl halides is 2. The van der Waals surface area contributed by atoms with Crippen molar-refractivity contribution in [2.75, 3.05) is 37.6 Å². The van der Waals surface area contributed by atoms with Crippen LogP contribution in [0.5, 0.6) is 5.75 Å². The summed E-state index contributed by atoms with van der Waals surface area (Å²) >= 11 is 0. The van der Waals surface area contributed by atoms with Gasteiger partial charge < -0.3 is 19.9 Å². The summed E-state index contributed by atoms with van der Waals surface area (Å²) < 4.78 is 35.4. The minimum atomic E-state index is -2.92. The second-order valence-electron chi connectivity index (χ2n) is 7.83. The van der Waals surface area contributed by atoms with Crippen molar-refractivity contribution in [3.05, 3.63) is 66.0 Å². The van der Waals surface area contributed by atoms with E-state index in [4.69, 9.17) is 4.74 Å². The average molecular weight is 472 g/mol. The van der Waals surface area contributed by atoms with E-state index < -0.39 is 12.8 Å². The van der Waals surface area contributed by atoms with Gasteiger partial charge in [-0.15, -0.1) is 0 Å². The summed E-state index contributed by atoms with van der Waals surface area (Å²) in [5.74, 6) is 0.639. The molecule has 2 aromatic carbocycles. The highest BCUT2D eigenvalue weighted by molar-refractivity contribution is 5.71. The number of fused-ring (bicyclic) bond motifs is 1. The second-order valence-corrected chi connectivity index (χ2v) is 7.83. The van der Waals surface area contributed by atoms with Gasteiger partial charge >= 0.3 is 6.61 Å². The molecule has 10 heteroatoms. The molecule has 0 bridgehead atoms. The first kappa shape index (κ1) is 23.8. The highest BCUT2D eigenvalue weighted by Crippen LogP contribution is 2.41. The topological polar surface area (TPSA) is 83.0 Å². The molecule has 0 saturated carbocycles. The van der Waals surface area contributed by atoms with Gasteiger partial charge in [0.1, 0.15) is 5.75 Å². The molecule has 0 spiro atoms. The quantitative estimate of drug-likeness (QED) is 0.429. The van der Waals surface area contributed by atoms with Crippen molar-refractivity contribution in [3.8, 4) is 16.9 Å². The molecular formula is C24H27F2N5O3. The van der Waals surface area contributed by atoms with Gasteiger partial charge in [0.15, 0.2) is 6.23 Å². The number of halogens is 2. The predicted molar refractivity (Wildman–Crippen MR) is 124 cm³/mol. The minimum Gasteiger partial charge on any atom is -0.434 e. The Bertz CT molecular complexity index is 1100. The van der Waals surface area contributed by atoms with Crippen LogP contribution in [-0.2, 0) is 11.3 Å². The Morgan fingerprint density at radius 2 is 1.88 bits per heavy atom. The summed E-state index contributed by atoms with van der Waals surface area (Å²) in [4.78, 5) is 8.76. The Hall–Kier alpha value is -3.34. The molecule has 0 amide bonds. The zero-order valence-corrected chi connectivity index (χ0v) is 19.0. The molecule has 2 heterocycles. The third kappa shape index (κ3) is 5.24. The number of hydrogen-bond donors (Lipinski definition) is 2. The number of para-hydroxylation sites is 1. The van der Waals surface area contributed by atoms with Crippen LogP contribution >= 0.6 is 0 Å². The number of nitrogens with one attached hydrogen (secondary N) is 1. The van der Waals surface area contributed by atoms with E-state index in [9.17, 15) is 13.9 Å². The van der Waals surface area contributed by atoms with Crippen molar-refractivity contribution >= 4 is 11.6 Å². The van der Waals surface area contributed by atoms with Crippen LogP contribution in [0.25, 0.3) is 11.1 Å². The number of aliphatic hydroxyl groups excluding tert-OH is 1. The SMILES string of the molecule is COCCCNc1ncc(-c2ccc3c(c2)N(Cc2ccccc2OC(F)F)N(C)C3O)cn1. The highest BCUT2D eigenvalue weighted by Gasteiger charge is 2.33. The largest absolute Gasteiger partial charge is 0.434 e. The van der Waals surface area contributed by atoms with Gasteiger partial charge in [-0.25, -0.2) is 9.97 Å². The number of aliphatic hydroxyl groups is 1. The molecule has 3 aromatic rings. The van der Waals surface area contributed by atoms with Crippen LogP contribution in [-0.4, -0.2) is 54.0 Å². The van der Waals surface area contributed by atoms with E-state index in [1.54, 1.807) is 49.8 Å². The number of benzene rings is 2. The maximum Gasteiger partial charge on any atom is 0.387 e. The fourth-order valence-electron chi connectivity index (χ4n) is 3.86. The molecule has 1 aliphatic rings. The third-order valence-corrected chi connectivity index (χ3v) is 5.62. The van der Waals surface area contributed by atoms with Gasteiger partial charge in [0, 0.05) is 56.4 Å². The fourth-order valence-corrected chi connectivity index (χ4v) is 3.86. The van der Waals surface area contributed by atoms with Crippen molar-refractivity contribution < 1.29 is 23.4 Å². The van der Waals surface area contributed by atoms with E-state index in [1.165, 1.54) is 6.07 Å². The second kappa shape index (κ2) is 10.7. The van der Waals surface area contributed by atoms with Gasteiger partial charge in [-0.05, 0) is 24.1 Å². The number of anilines is 2. The average Bonchev–Trinajstić information content (AvgIpc) is 3.07. The van der Waals surface area contributed by atoms with Crippen molar-refractivity contribution in [3.63, 3.8) is 0 Å². The van der Waals surface area contributed by atoms with E-state index in [1.807, 2.05) is 23.2 Å². The van der Waals surface area contributed by atoms with Gasteiger partial charge in [0.25, 0.3) is 0 Å². The summed E-state index contributed by atoms with van der Waals surface area (Å²) in [5, 5.41) is 17.4. The maximum absolute atomic E-state index is 12.9. The van der Waals surface area contributed by atoms with Crippen LogP contribution < -0.4 is 15.1 Å². The van der Waals surface area contributed by atoms with Crippen molar-refractivity contribution in [2.45, 2.75) is 25.8 Å². The zero-order valence-electron chi connectivity index (χ0n) is 19.0. The van der Waals surface area contributed by atoms with Crippen molar-refractivity contribution in [2.24, 2.45) is 0 Å². The fraction of sp³-hybridized carbons (Fsp3) is 0.333. The van der Waals surface area contributed by atoms with Crippen LogP contribution in [0.15, 0.2) is 54.9 Å². The van der Waals surface area contributed by atoms with Crippen molar-refractivity contribution in [1.29, 1.82) is 0 Å². The molecule has 2 N–H and O–H groups in total. The highest BCUT2D eigenvalue weighted by atomic mass is 19.3. The molecular weight excluding hydrogens is 444 g/mol. The summed E-state index contributed by atoms with van der Waals surface area (Å²) in [6.07, 6.45) is 3.46. The van der Waals surface area contributed by atoms with Crippen LogP contribution in [0, 0.1) is 0 Å².